The highest BCUT2D eigenvalue weighted by atomic mass is 15.3. The van der Waals surface area contributed by atoms with Crippen LogP contribution in [0.15, 0.2) is 0 Å². The van der Waals surface area contributed by atoms with E-state index in [-0.39, 0.29) is 0 Å². The Labute approximate surface area is 77.1 Å². The van der Waals surface area contributed by atoms with Gasteiger partial charge in [0.05, 0.1) is 11.7 Å². The first-order valence-corrected chi connectivity index (χ1v) is 4.92. The number of nitrogens with two attached hydrogens (primary N) is 1. The predicted octanol–water partition coefficient (Wildman–Crippen LogP) is 0.446. The van der Waals surface area contributed by atoms with Gasteiger partial charge in [-0.2, -0.15) is 5.10 Å². The van der Waals surface area contributed by atoms with Crippen LogP contribution in [0.5, 0.6) is 0 Å². The van der Waals surface area contributed by atoms with E-state index in [1.165, 1.54) is 24.1 Å². The predicted molar refractivity (Wildman–Crippen MR) is 50.3 cm³/mol. The maximum absolute atomic E-state index is 6.03. The molecule has 70 valence electrons. The summed E-state index contributed by atoms with van der Waals surface area (Å²) in [7, 11) is 0. The van der Waals surface area contributed by atoms with Crippen molar-refractivity contribution < 1.29 is 0 Å². The second-order valence-electron chi connectivity index (χ2n) is 3.91. The van der Waals surface area contributed by atoms with Gasteiger partial charge in [-0.1, -0.05) is 0 Å². The zero-order chi connectivity index (χ0) is 8.84. The van der Waals surface area contributed by atoms with E-state index in [4.69, 9.17) is 5.73 Å². The molecule has 1 saturated carbocycles. The van der Waals surface area contributed by atoms with E-state index >= 15 is 0 Å². The quantitative estimate of drug-likeness (QED) is 0.656. The topological polar surface area (TPSA) is 55.9 Å². The smallest absolute Gasteiger partial charge is 0.126 e. The van der Waals surface area contributed by atoms with Crippen molar-refractivity contribution >= 4 is 5.82 Å². The Morgan fingerprint density at radius 2 is 2.31 bits per heavy atom. The van der Waals surface area contributed by atoms with Crippen LogP contribution in [0, 0.1) is 0 Å². The molecule has 0 unspecified atom stereocenters. The third kappa shape index (κ3) is 1.05. The Morgan fingerprint density at radius 1 is 1.46 bits per heavy atom. The van der Waals surface area contributed by atoms with Gasteiger partial charge in [0.15, 0.2) is 0 Å². The number of aromatic nitrogens is 2. The molecular weight excluding hydrogens is 164 g/mol. The van der Waals surface area contributed by atoms with Crippen molar-refractivity contribution in [1.29, 1.82) is 0 Å². The number of nitrogens with zero attached hydrogens (tertiary/aromatic N) is 2. The molecule has 0 spiro atoms. The van der Waals surface area contributed by atoms with Crippen LogP contribution >= 0.6 is 0 Å². The average molecular weight is 178 g/mol. The summed E-state index contributed by atoms with van der Waals surface area (Å²) in [6.07, 6.45) is 3.52. The molecule has 0 bridgehead atoms. The third-order valence-corrected chi connectivity index (χ3v) is 2.87. The molecule has 1 aromatic rings. The zero-order valence-corrected chi connectivity index (χ0v) is 7.58. The van der Waals surface area contributed by atoms with Gasteiger partial charge in [0.25, 0.3) is 0 Å². The van der Waals surface area contributed by atoms with E-state index in [2.05, 4.69) is 10.4 Å². The van der Waals surface area contributed by atoms with Crippen molar-refractivity contribution in [2.75, 3.05) is 12.3 Å². The Balaban J connectivity index is 2.06. The minimum Gasteiger partial charge on any atom is -0.384 e. The van der Waals surface area contributed by atoms with Crippen LogP contribution in [-0.4, -0.2) is 16.3 Å². The lowest BCUT2D eigenvalue weighted by Crippen LogP contribution is -2.23. The molecule has 1 aliphatic heterocycles. The van der Waals surface area contributed by atoms with Crippen LogP contribution < -0.4 is 11.1 Å². The monoisotopic (exact) mass is 178 g/mol. The van der Waals surface area contributed by atoms with Crippen LogP contribution in [0.25, 0.3) is 0 Å². The number of hydrogen-bond donors (Lipinski definition) is 2. The van der Waals surface area contributed by atoms with Gasteiger partial charge in [-0.05, 0) is 12.8 Å². The van der Waals surface area contributed by atoms with E-state index in [9.17, 15) is 0 Å². The van der Waals surface area contributed by atoms with Crippen LogP contribution in [0.3, 0.4) is 0 Å². The molecule has 4 nitrogen and oxygen atoms in total. The SMILES string of the molecule is Nc1c2c(nn1C1CC1)CCNC2. The fourth-order valence-electron chi connectivity index (χ4n) is 1.94. The normalized spacial score (nSPS) is 21.5. The van der Waals surface area contributed by atoms with Gasteiger partial charge >= 0.3 is 0 Å². The molecule has 0 amide bonds. The van der Waals surface area contributed by atoms with E-state index in [0.29, 0.717) is 6.04 Å². The zero-order valence-electron chi connectivity index (χ0n) is 7.58. The first-order valence-electron chi connectivity index (χ1n) is 4.92. The summed E-state index contributed by atoms with van der Waals surface area (Å²) in [5.74, 6) is 0.893. The molecule has 3 rings (SSSR count). The van der Waals surface area contributed by atoms with Gasteiger partial charge in [0, 0.05) is 25.1 Å². The van der Waals surface area contributed by atoms with Gasteiger partial charge in [0.2, 0.25) is 0 Å². The van der Waals surface area contributed by atoms with Gasteiger partial charge in [-0.25, -0.2) is 4.68 Å². The van der Waals surface area contributed by atoms with Crippen molar-refractivity contribution in [1.82, 2.24) is 15.1 Å². The van der Waals surface area contributed by atoms with Gasteiger partial charge in [0.1, 0.15) is 5.82 Å². The highest BCUT2D eigenvalue weighted by Crippen LogP contribution is 2.37. The van der Waals surface area contributed by atoms with Crippen LogP contribution in [0.2, 0.25) is 0 Å². The summed E-state index contributed by atoms with van der Waals surface area (Å²) >= 11 is 0. The summed E-state index contributed by atoms with van der Waals surface area (Å²) in [5.41, 5.74) is 8.47. The minimum absolute atomic E-state index is 0.602. The first kappa shape index (κ1) is 7.38. The number of fused-ring (bicyclic) bond motifs is 1. The van der Waals surface area contributed by atoms with Gasteiger partial charge in [-0.3, -0.25) is 0 Å². The molecule has 0 radical (unpaired) electrons. The van der Waals surface area contributed by atoms with Crippen molar-refractivity contribution in [2.24, 2.45) is 0 Å². The van der Waals surface area contributed by atoms with E-state index in [0.717, 1.165) is 25.3 Å². The second kappa shape index (κ2) is 2.48. The maximum Gasteiger partial charge on any atom is 0.126 e. The average Bonchev–Trinajstić information content (AvgIpc) is 2.94. The number of rotatable bonds is 1. The summed E-state index contributed by atoms with van der Waals surface area (Å²) < 4.78 is 2.03. The summed E-state index contributed by atoms with van der Waals surface area (Å²) in [6.45, 7) is 1.93. The summed E-state index contributed by atoms with van der Waals surface area (Å²) in [5, 5.41) is 7.89. The molecule has 3 N–H and O–H groups in total. The lowest BCUT2D eigenvalue weighted by atomic mass is 10.1. The van der Waals surface area contributed by atoms with Crippen LogP contribution in [0.1, 0.15) is 30.1 Å². The van der Waals surface area contributed by atoms with Gasteiger partial charge in [-0.15, -0.1) is 0 Å². The Morgan fingerprint density at radius 3 is 3.00 bits per heavy atom. The van der Waals surface area contributed by atoms with Crippen molar-refractivity contribution in [2.45, 2.75) is 31.8 Å². The van der Waals surface area contributed by atoms with E-state index in [1.807, 2.05) is 4.68 Å². The fourth-order valence-corrected chi connectivity index (χ4v) is 1.94. The van der Waals surface area contributed by atoms with Crippen molar-refractivity contribution in [3.63, 3.8) is 0 Å². The molecule has 0 aromatic carbocycles. The fraction of sp³-hybridized carbons (Fsp3) is 0.667. The molecule has 1 aromatic heterocycles. The summed E-state index contributed by atoms with van der Waals surface area (Å²) in [4.78, 5) is 0. The molecule has 1 fully saturated rings. The lowest BCUT2D eigenvalue weighted by Gasteiger charge is -2.10. The number of nitrogen functional groups attached to an aromatic ring is 1. The molecule has 4 heteroatoms. The Hall–Kier alpha value is -1.03. The highest BCUT2D eigenvalue weighted by Gasteiger charge is 2.29. The first-order chi connectivity index (χ1) is 6.36. The van der Waals surface area contributed by atoms with Gasteiger partial charge < -0.3 is 11.1 Å². The molecule has 0 saturated heterocycles. The number of hydrogen-bond acceptors (Lipinski definition) is 3. The summed E-state index contributed by atoms with van der Waals surface area (Å²) in [6, 6.07) is 0.602. The molecule has 2 aliphatic rings. The Bertz CT molecular complexity index is 338. The van der Waals surface area contributed by atoms with Crippen LogP contribution in [-0.2, 0) is 13.0 Å². The van der Waals surface area contributed by atoms with Crippen molar-refractivity contribution in [3.05, 3.63) is 11.3 Å². The maximum atomic E-state index is 6.03. The molecule has 2 heterocycles. The van der Waals surface area contributed by atoms with Crippen molar-refractivity contribution in [3.8, 4) is 0 Å². The second-order valence-corrected chi connectivity index (χ2v) is 3.91. The number of anilines is 1. The van der Waals surface area contributed by atoms with Crippen LogP contribution in [0.4, 0.5) is 5.82 Å². The minimum atomic E-state index is 0.602. The molecule has 13 heavy (non-hydrogen) atoms. The van der Waals surface area contributed by atoms with E-state index < -0.39 is 0 Å². The molecule has 0 atom stereocenters. The number of nitrogens with one attached hydrogen (secondary N) is 1. The standard InChI is InChI=1S/C9H14N4/c10-9-7-5-11-4-3-8(7)12-13(9)6-1-2-6/h6,11H,1-5,10H2. The van der Waals surface area contributed by atoms with E-state index in [1.54, 1.807) is 0 Å². The molecule has 1 aliphatic carbocycles. The highest BCUT2D eigenvalue weighted by molar-refractivity contribution is 5.45. The third-order valence-electron chi connectivity index (χ3n) is 2.87. The lowest BCUT2D eigenvalue weighted by molar-refractivity contribution is 0.614. The molecular formula is C9H14N4. The largest absolute Gasteiger partial charge is 0.384 e. The Kier molecular flexibility index (Phi) is 1.41.